The summed E-state index contributed by atoms with van der Waals surface area (Å²) < 4.78 is 0. The molecular formula is C13H16ClNO2S. The predicted octanol–water partition coefficient (Wildman–Crippen LogP) is 2.32. The average molecular weight is 286 g/mol. The molecule has 0 bridgehead atoms. The number of aliphatic hydroxyl groups excluding tert-OH is 1. The van der Waals surface area contributed by atoms with Gasteiger partial charge in [-0.15, -0.1) is 11.8 Å². The first-order valence-electron chi connectivity index (χ1n) is 5.96. The first kappa shape index (κ1) is 13.7. The Morgan fingerprint density at radius 3 is 2.67 bits per heavy atom. The second-order valence-electron chi connectivity index (χ2n) is 4.54. The summed E-state index contributed by atoms with van der Waals surface area (Å²) in [5.74, 6) is 0.900. The highest BCUT2D eigenvalue weighted by Gasteiger charge is 2.26. The van der Waals surface area contributed by atoms with Gasteiger partial charge in [-0.05, 0) is 43.0 Å². The van der Waals surface area contributed by atoms with Crippen molar-refractivity contribution in [2.75, 3.05) is 12.3 Å². The number of hydrogen-bond donors (Lipinski definition) is 2. The first-order valence-corrected chi connectivity index (χ1v) is 7.33. The molecule has 2 rings (SSSR count). The van der Waals surface area contributed by atoms with Crippen LogP contribution in [0.5, 0.6) is 0 Å². The van der Waals surface area contributed by atoms with Crippen LogP contribution in [0.25, 0.3) is 0 Å². The van der Waals surface area contributed by atoms with E-state index in [9.17, 15) is 4.79 Å². The van der Waals surface area contributed by atoms with Crippen LogP contribution in [-0.4, -0.2) is 29.4 Å². The molecule has 1 saturated carbocycles. The summed E-state index contributed by atoms with van der Waals surface area (Å²) in [5.41, 5.74) is 0. The Bertz CT molecular complexity index is 404. The number of rotatable bonds is 5. The quantitative estimate of drug-likeness (QED) is 0.817. The summed E-state index contributed by atoms with van der Waals surface area (Å²) in [6.07, 6.45) is 1.46. The van der Waals surface area contributed by atoms with Crippen LogP contribution in [0.2, 0.25) is 5.02 Å². The van der Waals surface area contributed by atoms with E-state index in [0.29, 0.717) is 23.2 Å². The fraction of sp³-hybridized carbons (Fsp3) is 0.462. The predicted molar refractivity (Wildman–Crippen MR) is 73.9 cm³/mol. The molecule has 98 valence electrons. The lowest BCUT2D eigenvalue weighted by atomic mass is 9.82. The molecule has 1 amide bonds. The number of carbonyl (C=O) groups is 1. The van der Waals surface area contributed by atoms with Gasteiger partial charge in [0.1, 0.15) is 0 Å². The van der Waals surface area contributed by atoms with E-state index in [1.54, 1.807) is 0 Å². The molecule has 1 fully saturated rings. The molecule has 0 aromatic heterocycles. The lowest BCUT2D eigenvalue weighted by Crippen LogP contribution is -2.38. The zero-order chi connectivity index (χ0) is 13.0. The third kappa shape index (κ3) is 4.19. The summed E-state index contributed by atoms with van der Waals surface area (Å²) in [5, 5.41) is 12.7. The molecule has 1 aromatic carbocycles. The summed E-state index contributed by atoms with van der Waals surface area (Å²) in [6.45, 7) is 0.678. The van der Waals surface area contributed by atoms with Crippen molar-refractivity contribution in [3.63, 3.8) is 0 Å². The van der Waals surface area contributed by atoms with Gasteiger partial charge in [0, 0.05) is 16.5 Å². The van der Waals surface area contributed by atoms with Crippen LogP contribution in [0.4, 0.5) is 0 Å². The van der Waals surface area contributed by atoms with E-state index < -0.39 is 0 Å². The second kappa shape index (κ2) is 6.45. The number of aliphatic hydroxyl groups is 1. The molecule has 0 unspecified atom stereocenters. The number of amides is 1. The van der Waals surface area contributed by atoms with E-state index >= 15 is 0 Å². The van der Waals surface area contributed by atoms with E-state index in [0.717, 1.165) is 17.7 Å². The maximum absolute atomic E-state index is 11.6. The maximum Gasteiger partial charge on any atom is 0.230 e. The number of benzene rings is 1. The van der Waals surface area contributed by atoms with Crippen LogP contribution < -0.4 is 5.32 Å². The zero-order valence-electron chi connectivity index (χ0n) is 9.93. The highest BCUT2D eigenvalue weighted by atomic mass is 35.5. The smallest absolute Gasteiger partial charge is 0.230 e. The first-order chi connectivity index (χ1) is 8.63. The van der Waals surface area contributed by atoms with Gasteiger partial charge in [0.25, 0.3) is 0 Å². The highest BCUT2D eigenvalue weighted by Crippen LogP contribution is 2.26. The van der Waals surface area contributed by atoms with Crippen LogP contribution in [-0.2, 0) is 4.79 Å². The Hall–Kier alpha value is -0.710. The van der Waals surface area contributed by atoms with Gasteiger partial charge in [-0.25, -0.2) is 0 Å². The van der Waals surface area contributed by atoms with Crippen LogP contribution in [0.1, 0.15) is 12.8 Å². The fourth-order valence-corrected chi connectivity index (χ4v) is 2.71. The van der Waals surface area contributed by atoms with Crippen LogP contribution in [0.15, 0.2) is 29.2 Å². The van der Waals surface area contributed by atoms with Crippen molar-refractivity contribution in [3.8, 4) is 0 Å². The Labute approximate surface area is 116 Å². The molecule has 1 aromatic rings. The number of nitrogens with one attached hydrogen (secondary N) is 1. The van der Waals surface area contributed by atoms with Gasteiger partial charge in [-0.3, -0.25) is 4.79 Å². The molecule has 5 heteroatoms. The Morgan fingerprint density at radius 2 is 2.06 bits per heavy atom. The SMILES string of the molecule is O=C(CSc1ccc(Cl)cc1)NCC1CC(O)C1. The highest BCUT2D eigenvalue weighted by molar-refractivity contribution is 8.00. The van der Waals surface area contributed by atoms with Crippen LogP contribution in [0.3, 0.4) is 0 Å². The molecular weight excluding hydrogens is 270 g/mol. The molecule has 0 heterocycles. The third-order valence-electron chi connectivity index (χ3n) is 2.98. The molecule has 1 aliphatic carbocycles. The van der Waals surface area contributed by atoms with Crippen molar-refractivity contribution in [3.05, 3.63) is 29.3 Å². The average Bonchev–Trinajstić information content (AvgIpc) is 2.32. The maximum atomic E-state index is 11.6. The van der Waals surface area contributed by atoms with Gasteiger partial charge < -0.3 is 10.4 Å². The van der Waals surface area contributed by atoms with Gasteiger partial charge in [-0.2, -0.15) is 0 Å². The summed E-state index contributed by atoms with van der Waals surface area (Å²) in [4.78, 5) is 12.6. The second-order valence-corrected chi connectivity index (χ2v) is 6.02. The largest absolute Gasteiger partial charge is 0.393 e. The molecule has 1 aliphatic rings. The molecule has 0 atom stereocenters. The normalized spacial score (nSPS) is 22.3. The van der Waals surface area contributed by atoms with Gasteiger partial charge in [0.15, 0.2) is 0 Å². The molecule has 2 N–H and O–H groups in total. The van der Waals surface area contributed by atoms with Crippen LogP contribution in [0, 0.1) is 5.92 Å². The monoisotopic (exact) mass is 285 g/mol. The topological polar surface area (TPSA) is 49.3 Å². The van der Waals surface area contributed by atoms with Gasteiger partial charge in [0.2, 0.25) is 5.91 Å². The number of hydrogen-bond acceptors (Lipinski definition) is 3. The minimum atomic E-state index is -0.157. The van der Waals surface area contributed by atoms with Crippen molar-refractivity contribution >= 4 is 29.3 Å². The third-order valence-corrected chi connectivity index (χ3v) is 4.25. The minimum Gasteiger partial charge on any atom is -0.393 e. The Balaban J connectivity index is 1.64. The molecule has 18 heavy (non-hydrogen) atoms. The van der Waals surface area contributed by atoms with Crippen LogP contribution >= 0.6 is 23.4 Å². The van der Waals surface area contributed by atoms with Gasteiger partial charge in [-0.1, -0.05) is 11.6 Å². The van der Waals surface area contributed by atoms with E-state index in [4.69, 9.17) is 16.7 Å². The van der Waals surface area contributed by atoms with E-state index in [-0.39, 0.29) is 12.0 Å². The van der Waals surface area contributed by atoms with Crippen molar-refractivity contribution in [1.29, 1.82) is 0 Å². The summed E-state index contributed by atoms with van der Waals surface area (Å²) >= 11 is 7.28. The number of thioether (sulfide) groups is 1. The molecule has 0 saturated heterocycles. The number of halogens is 1. The molecule has 0 radical (unpaired) electrons. The van der Waals surface area contributed by atoms with Gasteiger partial charge >= 0.3 is 0 Å². The minimum absolute atomic E-state index is 0.0383. The molecule has 0 aliphatic heterocycles. The molecule has 0 spiro atoms. The summed E-state index contributed by atoms with van der Waals surface area (Å²) in [7, 11) is 0. The summed E-state index contributed by atoms with van der Waals surface area (Å²) in [6, 6.07) is 7.44. The van der Waals surface area contributed by atoms with Crippen molar-refractivity contribution in [2.24, 2.45) is 5.92 Å². The Kier molecular flexibility index (Phi) is 4.92. The van der Waals surface area contributed by atoms with E-state index in [1.165, 1.54) is 11.8 Å². The lowest BCUT2D eigenvalue weighted by Gasteiger charge is -2.31. The molecule has 3 nitrogen and oxygen atoms in total. The van der Waals surface area contributed by atoms with E-state index in [2.05, 4.69) is 5.32 Å². The van der Waals surface area contributed by atoms with Crippen molar-refractivity contribution in [2.45, 2.75) is 23.8 Å². The van der Waals surface area contributed by atoms with Crippen molar-refractivity contribution in [1.82, 2.24) is 5.32 Å². The van der Waals surface area contributed by atoms with Crippen molar-refractivity contribution < 1.29 is 9.90 Å². The standard InChI is InChI=1S/C13H16ClNO2S/c14-10-1-3-12(4-2-10)18-8-13(17)15-7-9-5-11(16)6-9/h1-4,9,11,16H,5-8H2,(H,15,17). The Morgan fingerprint density at radius 1 is 1.39 bits per heavy atom. The lowest BCUT2D eigenvalue weighted by molar-refractivity contribution is -0.119. The zero-order valence-corrected chi connectivity index (χ0v) is 11.5. The fourth-order valence-electron chi connectivity index (χ4n) is 1.86. The van der Waals surface area contributed by atoms with E-state index in [1.807, 2.05) is 24.3 Å². The van der Waals surface area contributed by atoms with Gasteiger partial charge in [0.05, 0.1) is 11.9 Å². The number of carbonyl (C=O) groups excluding carboxylic acids is 1.